The van der Waals surface area contributed by atoms with Crippen LogP contribution in [0.15, 0.2) is 35.7 Å². The van der Waals surface area contributed by atoms with Crippen LogP contribution in [0, 0.1) is 13.8 Å². The highest BCUT2D eigenvalue weighted by Crippen LogP contribution is 2.32. The van der Waals surface area contributed by atoms with Gasteiger partial charge in [-0.1, -0.05) is 30.3 Å². The third kappa shape index (κ3) is 4.33. The summed E-state index contributed by atoms with van der Waals surface area (Å²) in [6, 6.07) is 10.3. The maximum absolute atomic E-state index is 11.9. The number of benzene rings is 1. The molecule has 2 aromatic heterocycles. The van der Waals surface area contributed by atoms with E-state index in [1.807, 2.05) is 29.8 Å². The van der Waals surface area contributed by atoms with Crippen LogP contribution in [-0.4, -0.2) is 65.8 Å². The second-order valence-corrected chi connectivity index (χ2v) is 11.9. The van der Waals surface area contributed by atoms with E-state index in [-0.39, 0.29) is 17.5 Å². The molecule has 2 aliphatic heterocycles. The second kappa shape index (κ2) is 8.61. The maximum Gasteiger partial charge on any atom is 0.152 e. The van der Waals surface area contributed by atoms with Crippen LogP contribution in [0.1, 0.15) is 29.5 Å². The molecular formula is C23H29N5O2S2. The zero-order valence-corrected chi connectivity index (χ0v) is 20.2. The fraction of sp³-hybridized carbons (Fsp3) is 0.478. The summed E-state index contributed by atoms with van der Waals surface area (Å²) in [5, 5.41) is 7.98. The Hall–Kier alpha value is -2.23. The maximum atomic E-state index is 11.9. The first-order chi connectivity index (χ1) is 15.4. The van der Waals surface area contributed by atoms with Crippen LogP contribution in [0.3, 0.4) is 0 Å². The van der Waals surface area contributed by atoms with Crippen molar-refractivity contribution in [2.45, 2.75) is 32.9 Å². The van der Waals surface area contributed by atoms with Crippen molar-refractivity contribution in [3.05, 3.63) is 52.8 Å². The zero-order valence-electron chi connectivity index (χ0n) is 18.6. The lowest BCUT2D eigenvalue weighted by molar-refractivity contribution is 0.247. The molecule has 0 N–H and O–H groups in total. The van der Waals surface area contributed by atoms with Gasteiger partial charge in [0.15, 0.2) is 9.84 Å². The summed E-state index contributed by atoms with van der Waals surface area (Å²) >= 11 is 1.71. The largest absolute Gasteiger partial charge is 0.366 e. The number of hydrogen-bond donors (Lipinski definition) is 0. The first-order valence-electron chi connectivity index (χ1n) is 11.1. The van der Waals surface area contributed by atoms with Crippen LogP contribution in [-0.2, 0) is 16.4 Å². The fourth-order valence-electron chi connectivity index (χ4n) is 4.89. The Balaban J connectivity index is 1.22. The highest BCUT2D eigenvalue weighted by Gasteiger charge is 2.32. The summed E-state index contributed by atoms with van der Waals surface area (Å²) in [5.74, 6) is 0.480. The van der Waals surface area contributed by atoms with Gasteiger partial charge in [-0.2, -0.15) is 5.10 Å². The molecule has 5 rings (SSSR count). The number of hydrogen-bond acceptors (Lipinski definition) is 7. The number of piperazine rings is 1. The van der Waals surface area contributed by atoms with Crippen molar-refractivity contribution in [3.63, 3.8) is 0 Å². The van der Waals surface area contributed by atoms with Gasteiger partial charge in [0.05, 0.1) is 40.3 Å². The second-order valence-electron chi connectivity index (χ2n) is 8.79. The van der Waals surface area contributed by atoms with Crippen LogP contribution in [0.5, 0.6) is 0 Å². The van der Waals surface area contributed by atoms with Gasteiger partial charge in [0.1, 0.15) is 5.01 Å². The fourth-order valence-corrected chi connectivity index (χ4v) is 7.40. The van der Waals surface area contributed by atoms with E-state index in [0.29, 0.717) is 6.42 Å². The van der Waals surface area contributed by atoms with Gasteiger partial charge in [-0.25, -0.2) is 13.4 Å². The molecule has 2 fully saturated rings. The van der Waals surface area contributed by atoms with E-state index in [9.17, 15) is 8.42 Å². The summed E-state index contributed by atoms with van der Waals surface area (Å²) in [7, 11) is -2.93. The minimum absolute atomic E-state index is 0.0304. The Morgan fingerprint density at radius 1 is 1.09 bits per heavy atom. The van der Waals surface area contributed by atoms with Crippen molar-refractivity contribution in [2.24, 2.45) is 0 Å². The molecule has 32 heavy (non-hydrogen) atoms. The van der Waals surface area contributed by atoms with Crippen LogP contribution >= 0.6 is 11.3 Å². The summed E-state index contributed by atoms with van der Waals surface area (Å²) in [6.45, 7) is 8.80. The monoisotopic (exact) mass is 471 g/mol. The van der Waals surface area contributed by atoms with E-state index in [1.54, 1.807) is 11.3 Å². The third-order valence-corrected chi connectivity index (χ3v) is 9.18. The van der Waals surface area contributed by atoms with E-state index in [0.717, 1.165) is 54.8 Å². The molecule has 4 heterocycles. The first kappa shape index (κ1) is 21.6. The number of sulfone groups is 1. The SMILES string of the molecule is Cc1nn(C2CCS(=O)(=O)C2)c(C)c1N1CCN(Cc2csc(-c3ccccc3)n2)CC1. The van der Waals surface area contributed by atoms with Crippen LogP contribution in [0.2, 0.25) is 0 Å². The number of nitrogens with zero attached hydrogens (tertiary/aromatic N) is 5. The molecule has 0 amide bonds. The minimum Gasteiger partial charge on any atom is -0.366 e. The number of rotatable bonds is 5. The Morgan fingerprint density at radius 3 is 2.53 bits per heavy atom. The topological polar surface area (TPSA) is 71.3 Å². The first-order valence-corrected chi connectivity index (χ1v) is 13.8. The van der Waals surface area contributed by atoms with E-state index < -0.39 is 9.84 Å². The Bertz CT molecular complexity index is 1190. The normalized spacial score (nSPS) is 21.3. The Labute approximate surface area is 193 Å². The van der Waals surface area contributed by atoms with Crippen LogP contribution in [0.25, 0.3) is 10.6 Å². The zero-order chi connectivity index (χ0) is 22.3. The Kier molecular flexibility index (Phi) is 5.81. The highest BCUT2D eigenvalue weighted by atomic mass is 32.2. The molecule has 0 spiro atoms. The average molecular weight is 472 g/mol. The van der Waals surface area contributed by atoms with Crippen LogP contribution < -0.4 is 4.90 Å². The molecule has 1 unspecified atom stereocenters. The van der Waals surface area contributed by atoms with Gasteiger partial charge in [0.25, 0.3) is 0 Å². The number of anilines is 1. The standard InChI is InChI=1S/C23H29N5O2S2/c1-17-22(18(2)28(25-17)21-8-13-32(29,30)16-21)27-11-9-26(10-12-27)14-20-15-31-23(24-20)19-6-4-3-5-7-19/h3-7,15,21H,8-14,16H2,1-2H3. The van der Waals surface area contributed by atoms with Gasteiger partial charge in [0.2, 0.25) is 0 Å². The van der Waals surface area contributed by atoms with Crippen molar-refractivity contribution < 1.29 is 8.42 Å². The third-order valence-electron chi connectivity index (χ3n) is 6.49. The molecule has 0 bridgehead atoms. The number of aryl methyl sites for hydroxylation is 1. The molecule has 2 saturated heterocycles. The van der Waals surface area contributed by atoms with Crippen molar-refractivity contribution >= 4 is 26.9 Å². The van der Waals surface area contributed by atoms with Crippen molar-refractivity contribution in [1.82, 2.24) is 19.7 Å². The molecule has 0 radical (unpaired) electrons. The van der Waals surface area contributed by atoms with Crippen molar-refractivity contribution in [2.75, 3.05) is 42.6 Å². The molecule has 9 heteroatoms. The van der Waals surface area contributed by atoms with Gasteiger partial charge >= 0.3 is 0 Å². The summed E-state index contributed by atoms with van der Waals surface area (Å²) < 4.78 is 25.8. The van der Waals surface area contributed by atoms with Gasteiger partial charge in [-0.05, 0) is 20.3 Å². The minimum atomic E-state index is -2.93. The van der Waals surface area contributed by atoms with Crippen LogP contribution in [0.4, 0.5) is 5.69 Å². The van der Waals surface area contributed by atoms with E-state index in [1.165, 1.54) is 11.3 Å². The van der Waals surface area contributed by atoms with Crippen molar-refractivity contribution in [3.8, 4) is 10.6 Å². The quantitative estimate of drug-likeness (QED) is 0.569. The average Bonchev–Trinajstić information content (AvgIpc) is 3.47. The lowest BCUT2D eigenvalue weighted by Gasteiger charge is -2.36. The molecular weight excluding hydrogens is 442 g/mol. The lowest BCUT2D eigenvalue weighted by atomic mass is 10.2. The summed E-state index contributed by atoms with van der Waals surface area (Å²) in [4.78, 5) is 9.70. The van der Waals surface area contributed by atoms with E-state index >= 15 is 0 Å². The van der Waals surface area contributed by atoms with E-state index in [4.69, 9.17) is 10.1 Å². The summed E-state index contributed by atoms with van der Waals surface area (Å²) in [6.07, 6.45) is 0.663. The predicted molar refractivity (Wildman–Crippen MR) is 129 cm³/mol. The van der Waals surface area contributed by atoms with Gasteiger partial charge in [-0.3, -0.25) is 9.58 Å². The Morgan fingerprint density at radius 2 is 1.84 bits per heavy atom. The van der Waals surface area contributed by atoms with Crippen molar-refractivity contribution in [1.29, 1.82) is 0 Å². The van der Waals surface area contributed by atoms with Gasteiger partial charge in [-0.15, -0.1) is 11.3 Å². The summed E-state index contributed by atoms with van der Waals surface area (Å²) in [5.41, 5.74) is 5.56. The molecule has 3 aromatic rings. The molecule has 170 valence electrons. The van der Waals surface area contributed by atoms with Gasteiger partial charge in [0, 0.05) is 43.7 Å². The predicted octanol–water partition coefficient (Wildman–Crippen LogP) is 3.31. The highest BCUT2D eigenvalue weighted by molar-refractivity contribution is 7.91. The van der Waals surface area contributed by atoms with E-state index in [2.05, 4.69) is 34.2 Å². The molecule has 1 atom stereocenters. The molecule has 0 saturated carbocycles. The lowest BCUT2D eigenvalue weighted by Crippen LogP contribution is -2.46. The number of thiazole rings is 1. The molecule has 2 aliphatic rings. The number of aromatic nitrogens is 3. The molecule has 7 nitrogen and oxygen atoms in total. The van der Waals surface area contributed by atoms with Gasteiger partial charge < -0.3 is 4.90 Å². The smallest absolute Gasteiger partial charge is 0.152 e. The molecule has 0 aliphatic carbocycles. The molecule has 1 aromatic carbocycles.